The molecule has 0 aromatic heterocycles. The van der Waals surface area contributed by atoms with Crippen molar-refractivity contribution in [3.63, 3.8) is 0 Å². The predicted octanol–water partition coefficient (Wildman–Crippen LogP) is 4.16. The van der Waals surface area contributed by atoms with Gasteiger partial charge in [-0.1, -0.05) is 20.8 Å². The molecule has 198 valence electrons. The first-order valence-electron chi connectivity index (χ1n) is 11.9. The highest BCUT2D eigenvalue weighted by Crippen LogP contribution is 2.40. The summed E-state index contributed by atoms with van der Waals surface area (Å²) in [7, 11) is 1.57. The number of ketones is 1. The summed E-state index contributed by atoms with van der Waals surface area (Å²) in [6.45, 7) is 12.5. The van der Waals surface area contributed by atoms with Gasteiger partial charge in [0.1, 0.15) is 12.4 Å². The Balaban J connectivity index is 0.00000456. The highest BCUT2D eigenvalue weighted by Gasteiger charge is 2.38. The van der Waals surface area contributed by atoms with Crippen LogP contribution in [0.2, 0.25) is 0 Å². The zero-order valence-electron chi connectivity index (χ0n) is 22.1. The SMILES string of the molecule is CCOC1=NC2C(=N)N(CC(=O)c3cc(OCCCO)c(OC)c(C(C)(C)C)c3)N=C2C(C)=C1C.Cl. The molecular formula is C26H37ClN4O5. The largest absolute Gasteiger partial charge is 0.493 e. The van der Waals surface area contributed by atoms with E-state index in [1.165, 1.54) is 5.01 Å². The van der Waals surface area contributed by atoms with Crippen LogP contribution in [0.25, 0.3) is 0 Å². The smallest absolute Gasteiger partial charge is 0.213 e. The summed E-state index contributed by atoms with van der Waals surface area (Å²) in [5.74, 6) is 1.47. The van der Waals surface area contributed by atoms with Crippen molar-refractivity contribution in [1.82, 2.24) is 5.01 Å². The van der Waals surface area contributed by atoms with Gasteiger partial charge in [0.25, 0.3) is 0 Å². The molecule has 2 N–H and O–H groups in total. The molecule has 0 bridgehead atoms. The number of fused-ring (bicyclic) bond motifs is 1. The van der Waals surface area contributed by atoms with E-state index in [-0.39, 0.29) is 42.6 Å². The number of aliphatic imine (C=N–C) groups is 1. The number of carbonyl (C=O) groups is 1. The van der Waals surface area contributed by atoms with E-state index in [1.807, 2.05) is 47.6 Å². The van der Waals surface area contributed by atoms with Gasteiger partial charge in [0, 0.05) is 29.7 Å². The zero-order chi connectivity index (χ0) is 25.9. The summed E-state index contributed by atoms with van der Waals surface area (Å²) in [4.78, 5) is 18.0. The number of benzene rings is 1. The van der Waals surface area contributed by atoms with Crippen LogP contribution < -0.4 is 9.47 Å². The number of nitrogens with zero attached hydrogens (tertiary/aromatic N) is 3. The molecule has 2 heterocycles. The fourth-order valence-electron chi connectivity index (χ4n) is 3.99. The average Bonchev–Trinajstić information content (AvgIpc) is 3.11. The second kappa shape index (κ2) is 11.9. The normalized spacial score (nSPS) is 17.3. The molecule has 1 aromatic rings. The van der Waals surface area contributed by atoms with E-state index in [0.717, 1.165) is 16.7 Å². The Hall–Kier alpha value is -2.91. The molecule has 0 saturated carbocycles. The third kappa shape index (κ3) is 5.90. The minimum atomic E-state index is -0.577. The maximum Gasteiger partial charge on any atom is 0.213 e. The predicted molar refractivity (Wildman–Crippen MR) is 144 cm³/mol. The van der Waals surface area contributed by atoms with Crippen molar-refractivity contribution in [2.45, 2.75) is 59.4 Å². The van der Waals surface area contributed by atoms with Crippen molar-refractivity contribution < 1.29 is 24.1 Å². The lowest BCUT2D eigenvalue weighted by Crippen LogP contribution is -2.36. The molecule has 0 spiro atoms. The molecule has 2 aliphatic heterocycles. The monoisotopic (exact) mass is 520 g/mol. The van der Waals surface area contributed by atoms with Gasteiger partial charge in [0.05, 0.1) is 26.0 Å². The van der Waals surface area contributed by atoms with Gasteiger partial charge in [-0.15, -0.1) is 12.4 Å². The molecule has 2 aliphatic rings. The molecule has 1 atom stereocenters. The molecule has 0 radical (unpaired) electrons. The summed E-state index contributed by atoms with van der Waals surface area (Å²) >= 11 is 0. The first-order chi connectivity index (χ1) is 16.5. The highest BCUT2D eigenvalue weighted by atomic mass is 35.5. The molecule has 0 fully saturated rings. The van der Waals surface area contributed by atoms with E-state index in [1.54, 1.807) is 13.2 Å². The van der Waals surface area contributed by atoms with Crippen LogP contribution in [0.15, 0.2) is 33.4 Å². The number of Topliss-reactive ketones (excluding diaryl/α,β-unsaturated/α-hetero) is 1. The summed E-state index contributed by atoms with van der Waals surface area (Å²) < 4.78 is 17.1. The van der Waals surface area contributed by atoms with Crippen molar-refractivity contribution >= 4 is 35.6 Å². The molecule has 10 heteroatoms. The Bertz CT molecular complexity index is 1100. The van der Waals surface area contributed by atoms with Gasteiger partial charge < -0.3 is 19.3 Å². The van der Waals surface area contributed by atoms with Gasteiger partial charge in [-0.2, -0.15) is 5.10 Å². The maximum atomic E-state index is 13.4. The Morgan fingerprint density at radius 2 is 1.89 bits per heavy atom. The molecule has 3 rings (SSSR count). The van der Waals surface area contributed by atoms with E-state index in [4.69, 9.17) is 24.7 Å². The quantitative estimate of drug-likeness (QED) is 0.373. The second-order valence-electron chi connectivity index (χ2n) is 9.60. The van der Waals surface area contributed by atoms with Crippen molar-refractivity contribution in [2.75, 3.05) is 33.5 Å². The number of aliphatic hydroxyl groups excluding tert-OH is 1. The number of nitrogens with one attached hydrogen (secondary N) is 1. The van der Waals surface area contributed by atoms with Gasteiger partial charge >= 0.3 is 0 Å². The van der Waals surface area contributed by atoms with Crippen LogP contribution >= 0.6 is 12.4 Å². The third-order valence-corrected chi connectivity index (χ3v) is 6.06. The topological polar surface area (TPSA) is 117 Å². The Kier molecular flexibility index (Phi) is 9.68. The molecular weight excluding hydrogens is 484 g/mol. The number of halogens is 1. The van der Waals surface area contributed by atoms with Crippen LogP contribution in [0.4, 0.5) is 0 Å². The van der Waals surface area contributed by atoms with Crippen molar-refractivity contribution in [3.8, 4) is 11.5 Å². The lowest BCUT2D eigenvalue weighted by Gasteiger charge is -2.25. The van der Waals surface area contributed by atoms with Gasteiger partial charge in [0.2, 0.25) is 5.90 Å². The fraction of sp³-hybridized carbons (Fsp3) is 0.538. The summed E-state index contributed by atoms with van der Waals surface area (Å²) in [6, 6.07) is 2.90. The number of methoxy groups -OCH3 is 1. The zero-order valence-corrected chi connectivity index (χ0v) is 22.9. The number of hydrogen-bond acceptors (Lipinski definition) is 8. The molecule has 36 heavy (non-hydrogen) atoms. The number of carbonyl (C=O) groups excluding carboxylic acids is 1. The van der Waals surface area contributed by atoms with Crippen LogP contribution in [0, 0.1) is 5.41 Å². The van der Waals surface area contributed by atoms with E-state index >= 15 is 0 Å². The Labute approximate surface area is 219 Å². The van der Waals surface area contributed by atoms with Crippen molar-refractivity contribution in [2.24, 2.45) is 10.1 Å². The van der Waals surface area contributed by atoms with E-state index in [0.29, 0.717) is 48.3 Å². The van der Waals surface area contributed by atoms with Crippen LogP contribution in [0.1, 0.15) is 63.9 Å². The van der Waals surface area contributed by atoms with Crippen LogP contribution in [-0.2, 0) is 10.2 Å². The maximum absolute atomic E-state index is 13.4. The lowest BCUT2D eigenvalue weighted by molar-refractivity contribution is 0.0964. The Morgan fingerprint density at radius 3 is 2.47 bits per heavy atom. The highest BCUT2D eigenvalue weighted by molar-refractivity contribution is 6.25. The number of rotatable bonds is 9. The molecule has 0 amide bonds. The van der Waals surface area contributed by atoms with Gasteiger partial charge in [-0.25, -0.2) is 10.0 Å². The minimum absolute atomic E-state index is 0. The van der Waals surface area contributed by atoms with Crippen LogP contribution in [-0.4, -0.2) is 72.9 Å². The number of hydrogen-bond donors (Lipinski definition) is 2. The molecule has 1 aromatic carbocycles. The molecule has 0 saturated heterocycles. The first kappa shape index (κ1) is 29.3. The van der Waals surface area contributed by atoms with E-state index in [2.05, 4.69) is 10.1 Å². The molecule has 1 unspecified atom stereocenters. The molecule has 0 aliphatic carbocycles. The Morgan fingerprint density at radius 1 is 1.19 bits per heavy atom. The number of hydrazone groups is 1. The first-order valence-corrected chi connectivity index (χ1v) is 11.9. The summed E-state index contributed by atoms with van der Waals surface area (Å²) in [5.41, 5.74) is 3.43. The second-order valence-corrected chi connectivity index (χ2v) is 9.60. The standard InChI is InChI=1S/C26H36N4O5.ClH/c1-8-34-25-16(3)15(2)21-22(28-25)24(27)30(29-21)14-19(32)17-12-18(26(4,5)6)23(33-7)20(13-17)35-11-9-10-31;/h12-13,22,27,31H,8-11,14H2,1-7H3;1H. The lowest BCUT2D eigenvalue weighted by atomic mass is 9.84. The van der Waals surface area contributed by atoms with Crippen LogP contribution in [0.3, 0.4) is 0 Å². The summed E-state index contributed by atoms with van der Waals surface area (Å²) in [6.07, 6.45) is 0.465. The van der Waals surface area contributed by atoms with Crippen molar-refractivity contribution in [3.05, 3.63) is 34.4 Å². The van der Waals surface area contributed by atoms with E-state index in [9.17, 15) is 4.79 Å². The summed E-state index contributed by atoms with van der Waals surface area (Å²) in [5, 5.41) is 23.7. The van der Waals surface area contributed by atoms with Crippen molar-refractivity contribution in [1.29, 1.82) is 5.41 Å². The fourth-order valence-corrected chi connectivity index (χ4v) is 3.99. The molecule has 9 nitrogen and oxygen atoms in total. The van der Waals surface area contributed by atoms with E-state index < -0.39 is 6.04 Å². The minimum Gasteiger partial charge on any atom is -0.493 e. The number of dihydropyridines is 1. The number of aliphatic hydroxyl groups is 1. The number of amidine groups is 1. The van der Waals surface area contributed by atoms with Gasteiger partial charge in [-0.05, 0) is 43.9 Å². The van der Waals surface area contributed by atoms with Crippen LogP contribution in [0.5, 0.6) is 11.5 Å². The van der Waals surface area contributed by atoms with Gasteiger partial charge in [-0.3, -0.25) is 10.2 Å². The average molecular weight is 521 g/mol. The third-order valence-electron chi connectivity index (χ3n) is 6.06. The number of ether oxygens (including phenoxy) is 3. The van der Waals surface area contributed by atoms with Gasteiger partial charge in [0.15, 0.2) is 23.3 Å².